The SMILES string of the molecule is COC(=O)c1ccc(-c2ccc(NC(CC3=CC=CCC3)C3=COC=CO3)cn2)s1. The van der Waals surface area contributed by atoms with Crippen molar-refractivity contribution in [2.45, 2.75) is 25.3 Å². The maximum atomic E-state index is 11.7. The zero-order valence-electron chi connectivity index (χ0n) is 16.5. The lowest BCUT2D eigenvalue weighted by atomic mass is 9.97. The maximum Gasteiger partial charge on any atom is 0.348 e. The summed E-state index contributed by atoms with van der Waals surface area (Å²) in [6.07, 6.45) is 15.8. The van der Waals surface area contributed by atoms with Crippen molar-refractivity contribution < 1.29 is 19.0 Å². The van der Waals surface area contributed by atoms with Crippen LogP contribution in [-0.4, -0.2) is 24.1 Å². The van der Waals surface area contributed by atoms with E-state index >= 15 is 0 Å². The molecule has 0 amide bonds. The zero-order valence-corrected chi connectivity index (χ0v) is 17.4. The Morgan fingerprint density at radius 3 is 2.93 bits per heavy atom. The van der Waals surface area contributed by atoms with E-state index in [1.54, 1.807) is 18.5 Å². The molecule has 0 aromatic carbocycles. The molecule has 1 aliphatic heterocycles. The number of ether oxygens (including phenoxy) is 3. The van der Waals surface area contributed by atoms with Gasteiger partial charge in [0.2, 0.25) is 0 Å². The normalized spacial score (nSPS) is 16.0. The summed E-state index contributed by atoms with van der Waals surface area (Å²) in [5.41, 5.74) is 3.03. The lowest BCUT2D eigenvalue weighted by molar-refractivity contribution is 0.0606. The second-order valence-electron chi connectivity index (χ2n) is 6.83. The molecule has 2 aromatic rings. The summed E-state index contributed by atoms with van der Waals surface area (Å²) in [7, 11) is 1.38. The quantitative estimate of drug-likeness (QED) is 0.602. The fraction of sp³-hybridized carbons (Fsp3) is 0.217. The lowest BCUT2D eigenvalue weighted by Gasteiger charge is -2.24. The van der Waals surface area contributed by atoms with Gasteiger partial charge in [0.1, 0.15) is 23.7 Å². The highest BCUT2D eigenvalue weighted by Gasteiger charge is 2.20. The molecular weight excluding hydrogens is 400 g/mol. The van der Waals surface area contributed by atoms with Crippen molar-refractivity contribution in [1.29, 1.82) is 0 Å². The molecule has 1 unspecified atom stereocenters. The van der Waals surface area contributed by atoms with Crippen LogP contribution in [-0.2, 0) is 14.2 Å². The molecule has 2 aromatic heterocycles. The van der Waals surface area contributed by atoms with Crippen LogP contribution in [0.1, 0.15) is 28.9 Å². The number of carbonyl (C=O) groups excluding carboxylic acids is 1. The van der Waals surface area contributed by atoms with Crippen LogP contribution in [0.3, 0.4) is 0 Å². The van der Waals surface area contributed by atoms with E-state index in [1.165, 1.54) is 36.5 Å². The van der Waals surface area contributed by atoms with Crippen molar-refractivity contribution in [1.82, 2.24) is 4.98 Å². The number of aromatic nitrogens is 1. The summed E-state index contributed by atoms with van der Waals surface area (Å²) >= 11 is 1.36. The van der Waals surface area contributed by atoms with Crippen LogP contribution in [0.15, 0.2) is 78.8 Å². The standard InChI is InChI=1S/C23H22N2O4S/c1-27-23(26)22-10-9-21(30-22)18-8-7-17(14-24-18)25-19(20-15-28-11-12-29-20)13-16-5-3-2-4-6-16/h2-3,5,7-12,14-15,19,25H,4,6,13H2,1H3. The van der Waals surface area contributed by atoms with E-state index in [-0.39, 0.29) is 12.0 Å². The number of anilines is 1. The minimum atomic E-state index is -0.337. The molecule has 0 saturated heterocycles. The Labute approximate surface area is 179 Å². The molecule has 7 heteroatoms. The fourth-order valence-corrected chi connectivity index (χ4v) is 4.16. The highest BCUT2D eigenvalue weighted by Crippen LogP contribution is 2.29. The molecule has 0 bridgehead atoms. The zero-order chi connectivity index (χ0) is 20.8. The van der Waals surface area contributed by atoms with Gasteiger partial charge in [-0.3, -0.25) is 4.98 Å². The van der Waals surface area contributed by atoms with Crippen LogP contribution < -0.4 is 5.32 Å². The summed E-state index contributed by atoms with van der Waals surface area (Å²) < 4.78 is 15.7. The average Bonchev–Trinajstić information content (AvgIpc) is 3.30. The third-order valence-electron chi connectivity index (χ3n) is 4.78. The summed E-state index contributed by atoms with van der Waals surface area (Å²) in [5, 5.41) is 3.50. The lowest BCUT2D eigenvalue weighted by Crippen LogP contribution is -2.25. The van der Waals surface area contributed by atoms with Gasteiger partial charge in [-0.05, 0) is 43.5 Å². The molecule has 30 heavy (non-hydrogen) atoms. The van der Waals surface area contributed by atoms with Gasteiger partial charge in [-0.25, -0.2) is 4.79 Å². The summed E-state index contributed by atoms with van der Waals surface area (Å²) in [4.78, 5) is 17.7. The van der Waals surface area contributed by atoms with E-state index in [0.717, 1.165) is 41.3 Å². The molecule has 2 aliphatic rings. The molecule has 4 rings (SSSR count). The number of nitrogens with zero attached hydrogens (tertiary/aromatic N) is 1. The van der Waals surface area contributed by atoms with Crippen LogP contribution >= 0.6 is 11.3 Å². The third-order valence-corrected chi connectivity index (χ3v) is 5.87. The van der Waals surface area contributed by atoms with Gasteiger partial charge in [-0.15, -0.1) is 11.3 Å². The van der Waals surface area contributed by atoms with Gasteiger partial charge in [0, 0.05) is 0 Å². The first-order valence-electron chi connectivity index (χ1n) is 9.66. The Morgan fingerprint density at radius 1 is 1.30 bits per heavy atom. The van der Waals surface area contributed by atoms with Crippen molar-refractivity contribution in [3.05, 3.63) is 83.7 Å². The minimum Gasteiger partial charge on any atom is -0.466 e. The number of allylic oxidation sites excluding steroid dienone is 3. The van der Waals surface area contributed by atoms with Crippen molar-refractivity contribution in [2.75, 3.05) is 12.4 Å². The minimum absolute atomic E-state index is 0.0759. The number of hydrogen-bond donors (Lipinski definition) is 1. The Kier molecular flexibility index (Phi) is 6.29. The summed E-state index contributed by atoms with van der Waals surface area (Å²) in [6.45, 7) is 0. The summed E-state index contributed by atoms with van der Waals surface area (Å²) in [5.74, 6) is 0.384. The Hall–Kier alpha value is -3.32. The molecule has 3 heterocycles. The largest absolute Gasteiger partial charge is 0.466 e. The highest BCUT2D eigenvalue weighted by molar-refractivity contribution is 7.17. The van der Waals surface area contributed by atoms with Crippen LogP contribution in [0.25, 0.3) is 10.6 Å². The van der Waals surface area contributed by atoms with Gasteiger partial charge in [0.25, 0.3) is 0 Å². The van der Waals surface area contributed by atoms with Gasteiger partial charge in [-0.1, -0.05) is 23.8 Å². The first kappa shape index (κ1) is 20.0. The molecule has 1 aliphatic carbocycles. The second-order valence-corrected chi connectivity index (χ2v) is 7.91. The molecule has 1 N–H and O–H groups in total. The van der Waals surface area contributed by atoms with Gasteiger partial charge in [0.05, 0.1) is 35.6 Å². The van der Waals surface area contributed by atoms with E-state index < -0.39 is 0 Å². The number of nitrogens with one attached hydrogen (secondary N) is 1. The number of esters is 1. The number of thiophene rings is 1. The predicted molar refractivity (Wildman–Crippen MR) is 117 cm³/mol. The van der Waals surface area contributed by atoms with Crippen molar-refractivity contribution in [3.8, 4) is 10.6 Å². The van der Waals surface area contributed by atoms with Gasteiger partial charge < -0.3 is 19.5 Å². The first-order valence-corrected chi connectivity index (χ1v) is 10.5. The predicted octanol–water partition coefficient (Wildman–Crippen LogP) is 5.40. The Morgan fingerprint density at radius 2 is 2.23 bits per heavy atom. The smallest absolute Gasteiger partial charge is 0.348 e. The molecule has 1 atom stereocenters. The second kappa shape index (κ2) is 9.45. The monoisotopic (exact) mass is 422 g/mol. The number of hydrogen-bond acceptors (Lipinski definition) is 7. The van der Waals surface area contributed by atoms with E-state index in [9.17, 15) is 4.79 Å². The van der Waals surface area contributed by atoms with E-state index in [0.29, 0.717) is 4.88 Å². The van der Waals surface area contributed by atoms with Gasteiger partial charge >= 0.3 is 5.97 Å². The van der Waals surface area contributed by atoms with Crippen LogP contribution in [0.2, 0.25) is 0 Å². The van der Waals surface area contributed by atoms with Crippen LogP contribution in [0.4, 0.5) is 5.69 Å². The Balaban J connectivity index is 1.49. The van der Waals surface area contributed by atoms with E-state index in [1.807, 2.05) is 18.2 Å². The molecule has 154 valence electrons. The first-order chi connectivity index (χ1) is 14.7. The average molecular weight is 423 g/mol. The van der Waals surface area contributed by atoms with E-state index in [4.69, 9.17) is 14.2 Å². The number of carbonyl (C=O) groups is 1. The Bertz CT molecular complexity index is 1020. The molecular formula is C23H22N2O4S. The van der Waals surface area contributed by atoms with Crippen LogP contribution in [0, 0.1) is 0 Å². The molecule has 0 spiro atoms. The fourth-order valence-electron chi connectivity index (χ4n) is 3.26. The molecule has 0 radical (unpaired) electrons. The number of rotatable bonds is 7. The van der Waals surface area contributed by atoms with Gasteiger partial charge in [-0.2, -0.15) is 0 Å². The number of methoxy groups -OCH3 is 1. The van der Waals surface area contributed by atoms with Crippen molar-refractivity contribution in [2.24, 2.45) is 0 Å². The highest BCUT2D eigenvalue weighted by atomic mass is 32.1. The molecule has 0 fully saturated rings. The third kappa shape index (κ3) is 4.80. The van der Waals surface area contributed by atoms with E-state index in [2.05, 4.69) is 28.5 Å². The maximum absolute atomic E-state index is 11.7. The van der Waals surface area contributed by atoms with Crippen molar-refractivity contribution >= 4 is 23.0 Å². The van der Waals surface area contributed by atoms with Crippen molar-refractivity contribution in [3.63, 3.8) is 0 Å². The van der Waals surface area contributed by atoms with Crippen LogP contribution in [0.5, 0.6) is 0 Å². The topological polar surface area (TPSA) is 69.7 Å². The number of pyridine rings is 1. The summed E-state index contributed by atoms with van der Waals surface area (Å²) in [6, 6.07) is 7.46. The molecule has 0 saturated carbocycles. The van der Waals surface area contributed by atoms with Gasteiger partial charge in [0.15, 0.2) is 5.76 Å². The molecule has 6 nitrogen and oxygen atoms in total.